The summed E-state index contributed by atoms with van der Waals surface area (Å²) < 4.78 is 11.6. The Morgan fingerprint density at radius 1 is 1.30 bits per heavy atom. The van der Waals surface area contributed by atoms with Crippen LogP contribution in [-0.2, 0) is 4.74 Å². The topological polar surface area (TPSA) is 89.0 Å². The number of hydrogen-bond donors (Lipinski definition) is 1. The number of thiazole rings is 1. The standard InChI is InChI=1S/C22H28N2O5S/c1-14-12-23-18(30-14)15-9-16(19(25)26)11-17(10-15)28-13-22(5)7-6-8-24(22)20(27)29-21(2,3)4/h9-12H,6-8,13H2,1-5H3,(H,25,26). The summed E-state index contributed by atoms with van der Waals surface area (Å²) in [7, 11) is 0. The molecule has 1 aromatic heterocycles. The van der Waals surface area contributed by atoms with Gasteiger partial charge in [0.05, 0.1) is 11.1 Å². The second-order valence-electron chi connectivity index (χ2n) is 8.85. The summed E-state index contributed by atoms with van der Waals surface area (Å²) in [6.45, 7) is 10.3. The summed E-state index contributed by atoms with van der Waals surface area (Å²) in [5.74, 6) is -0.590. The van der Waals surface area contributed by atoms with E-state index in [0.29, 0.717) is 17.9 Å². The molecule has 1 unspecified atom stereocenters. The maximum atomic E-state index is 12.6. The largest absolute Gasteiger partial charge is 0.491 e. The Balaban J connectivity index is 1.81. The molecule has 0 bridgehead atoms. The van der Waals surface area contributed by atoms with Crippen molar-refractivity contribution in [3.8, 4) is 16.3 Å². The van der Waals surface area contributed by atoms with Gasteiger partial charge in [0.15, 0.2) is 0 Å². The summed E-state index contributed by atoms with van der Waals surface area (Å²) >= 11 is 1.49. The van der Waals surface area contributed by atoms with Gasteiger partial charge in [0.25, 0.3) is 0 Å². The van der Waals surface area contributed by atoms with E-state index in [-0.39, 0.29) is 18.3 Å². The van der Waals surface area contributed by atoms with Crippen LogP contribution in [0.5, 0.6) is 5.75 Å². The highest BCUT2D eigenvalue weighted by Crippen LogP contribution is 2.33. The van der Waals surface area contributed by atoms with Crippen LogP contribution < -0.4 is 4.74 Å². The molecular formula is C22H28N2O5S. The van der Waals surface area contributed by atoms with Gasteiger partial charge in [-0.15, -0.1) is 11.3 Å². The molecule has 1 fully saturated rings. The Bertz CT molecular complexity index is 949. The van der Waals surface area contributed by atoms with Crippen molar-refractivity contribution in [1.82, 2.24) is 9.88 Å². The lowest BCUT2D eigenvalue weighted by Crippen LogP contribution is -2.50. The summed E-state index contributed by atoms with van der Waals surface area (Å²) in [6, 6.07) is 4.89. The van der Waals surface area contributed by atoms with Crippen LogP contribution in [0.25, 0.3) is 10.6 Å². The SMILES string of the molecule is Cc1cnc(-c2cc(OCC3(C)CCCN3C(=O)OC(C)(C)C)cc(C(=O)O)c2)s1. The lowest BCUT2D eigenvalue weighted by Gasteiger charge is -2.36. The quantitative estimate of drug-likeness (QED) is 0.716. The zero-order valence-corrected chi connectivity index (χ0v) is 18.8. The monoisotopic (exact) mass is 432 g/mol. The summed E-state index contributed by atoms with van der Waals surface area (Å²) in [5.41, 5.74) is -0.267. The molecular weight excluding hydrogens is 404 g/mol. The third kappa shape index (κ3) is 5.11. The first-order valence-corrected chi connectivity index (χ1v) is 10.7. The number of aromatic carboxylic acids is 1. The van der Waals surface area contributed by atoms with Crippen molar-refractivity contribution in [3.05, 3.63) is 34.8 Å². The van der Waals surface area contributed by atoms with Crippen LogP contribution in [0.1, 0.15) is 55.8 Å². The molecule has 0 radical (unpaired) electrons. The third-order valence-electron chi connectivity index (χ3n) is 4.93. The van der Waals surface area contributed by atoms with Crippen molar-refractivity contribution in [1.29, 1.82) is 0 Å². The molecule has 1 atom stereocenters. The highest BCUT2D eigenvalue weighted by Gasteiger charge is 2.42. The minimum absolute atomic E-state index is 0.135. The van der Waals surface area contributed by atoms with Crippen molar-refractivity contribution in [2.75, 3.05) is 13.2 Å². The lowest BCUT2D eigenvalue weighted by molar-refractivity contribution is 0.00240. The van der Waals surface area contributed by atoms with Gasteiger partial charge >= 0.3 is 12.1 Å². The molecule has 8 heteroatoms. The van der Waals surface area contributed by atoms with Crippen LogP contribution in [0.4, 0.5) is 4.79 Å². The van der Waals surface area contributed by atoms with E-state index in [0.717, 1.165) is 22.7 Å². The molecule has 162 valence electrons. The van der Waals surface area contributed by atoms with E-state index in [1.54, 1.807) is 23.2 Å². The van der Waals surface area contributed by atoms with Gasteiger partial charge in [-0.05, 0) is 65.7 Å². The summed E-state index contributed by atoms with van der Waals surface area (Å²) in [5, 5.41) is 10.2. The van der Waals surface area contributed by atoms with E-state index < -0.39 is 17.1 Å². The van der Waals surface area contributed by atoms with Crippen molar-refractivity contribution in [2.24, 2.45) is 0 Å². The van der Waals surface area contributed by atoms with Gasteiger partial charge < -0.3 is 14.6 Å². The normalized spacial score (nSPS) is 19.0. The summed E-state index contributed by atoms with van der Waals surface area (Å²) in [6.07, 6.45) is 3.04. The maximum absolute atomic E-state index is 12.6. The number of likely N-dealkylation sites (tertiary alicyclic amines) is 1. The van der Waals surface area contributed by atoms with Gasteiger partial charge in [0.1, 0.15) is 23.0 Å². The maximum Gasteiger partial charge on any atom is 0.410 e. The average molecular weight is 433 g/mol. The van der Waals surface area contributed by atoms with E-state index in [9.17, 15) is 14.7 Å². The second-order valence-corrected chi connectivity index (χ2v) is 10.1. The number of carbonyl (C=O) groups excluding carboxylic acids is 1. The molecule has 1 aliphatic heterocycles. The number of hydrogen-bond acceptors (Lipinski definition) is 6. The van der Waals surface area contributed by atoms with Gasteiger partial charge in [-0.2, -0.15) is 0 Å². The Hall–Kier alpha value is -2.61. The summed E-state index contributed by atoms with van der Waals surface area (Å²) in [4.78, 5) is 31.3. The number of aryl methyl sites for hydroxylation is 1. The fraction of sp³-hybridized carbons (Fsp3) is 0.500. The minimum atomic E-state index is -1.03. The van der Waals surface area contributed by atoms with Gasteiger partial charge in [0.2, 0.25) is 0 Å². The first kappa shape index (κ1) is 22.1. The Morgan fingerprint density at radius 2 is 2.03 bits per heavy atom. The third-order valence-corrected chi connectivity index (χ3v) is 5.90. The van der Waals surface area contributed by atoms with Crippen molar-refractivity contribution in [3.63, 3.8) is 0 Å². The number of ether oxygens (including phenoxy) is 2. The molecule has 0 aliphatic carbocycles. The molecule has 3 rings (SSSR count). The number of nitrogens with zero attached hydrogens (tertiary/aromatic N) is 2. The van der Waals surface area contributed by atoms with Crippen LogP contribution in [0.15, 0.2) is 24.4 Å². The minimum Gasteiger partial charge on any atom is -0.491 e. The highest BCUT2D eigenvalue weighted by atomic mass is 32.1. The van der Waals surface area contributed by atoms with Crippen molar-refractivity contribution < 1.29 is 24.2 Å². The smallest absolute Gasteiger partial charge is 0.410 e. The predicted octanol–water partition coefficient (Wildman–Crippen LogP) is 4.99. The van der Waals surface area contributed by atoms with Crippen molar-refractivity contribution in [2.45, 2.75) is 58.6 Å². The number of rotatable bonds is 5. The Morgan fingerprint density at radius 3 is 2.63 bits per heavy atom. The molecule has 1 saturated heterocycles. The molecule has 30 heavy (non-hydrogen) atoms. The Labute approximate surface area is 180 Å². The highest BCUT2D eigenvalue weighted by molar-refractivity contribution is 7.14. The molecule has 1 N–H and O–H groups in total. The molecule has 2 aromatic rings. The molecule has 1 amide bonds. The fourth-order valence-electron chi connectivity index (χ4n) is 3.46. The Kier molecular flexibility index (Phi) is 6.08. The number of benzene rings is 1. The van der Waals surface area contributed by atoms with Crippen LogP contribution in [0.2, 0.25) is 0 Å². The number of amides is 1. The van der Waals surface area contributed by atoms with Crippen LogP contribution >= 0.6 is 11.3 Å². The molecule has 2 heterocycles. The molecule has 0 saturated carbocycles. The predicted molar refractivity (Wildman–Crippen MR) is 115 cm³/mol. The molecule has 1 aromatic carbocycles. The number of carboxylic acids is 1. The lowest BCUT2D eigenvalue weighted by atomic mass is 10.0. The van der Waals surface area contributed by atoms with E-state index in [1.807, 2.05) is 34.6 Å². The molecule has 7 nitrogen and oxygen atoms in total. The number of carboxylic acid groups (broad SMARTS) is 1. The van der Waals surface area contributed by atoms with E-state index in [4.69, 9.17) is 9.47 Å². The van der Waals surface area contributed by atoms with Crippen LogP contribution in [0.3, 0.4) is 0 Å². The van der Waals surface area contributed by atoms with Gasteiger partial charge in [0, 0.05) is 23.2 Å². The van der Waals surface area contributed by atoms with E-state index >= 15 is 0 Å². The van der Waals surface area contributed by atoms with E-state index in [1.165, 1.54) is 17.4 Å². The first-order valence-electron chi connectivity index (χ1n) is 9.91. The fourth-order valence-corrected chi connectivity index (χ4v) is 4.21. The first-order chi connectivity index (χ1) is 14.0. The zero-order valence-electron chi connectivity index (χ0n) is 18.0. The average Bonchev–Trinajstić information content (AvgIpc) is 3.24. The van der Waals surface area contributed by atoms with Crippen molar-refractivity contribution >= 4 is 23.4 Å². The van der Waals surface area contributed by atoms with Crippen LogP contribution in [-0.4, -0.2) is 51.3 Å². The molecule has 0 spiro atoms. The zero-order chi connectivity index (χ0) is 22.1. The molecule has 1 aliphatic rings. The second kappa shape index (κ2) is 8.26. The number of carbonyl (C=O) groups is 2. The van der Waals surface area contributed by atoms with Crippen LogP contribution in [0, 0.1) is 6.92 Å². The van der Waals surface area contributed by atoms with E-state index in [2.05, 4.69) is 4.98 Å². The van der Waals surface area contributed by atoms with Gasteiger partial charge in [-0.3, -0.25) is 4.90 Å². The van der Waals surface area contributed by atoms with Gasteiger partial charge in [-0.25, -0.2) is 14.6 Å². The number of aromatic nitrogens is 1. The van der Waals surface area contributed by atoms with Gasteiger partial charge in [-0.1, -0.05) is 0 Å².